The molecule has 0 aromatic heterocycles. The highest BCUT2D eigenvalue weighted by Gasteiger charge is 2.18. The number of nitrogens with one attached hydrogen (secondary N) is 1. The lowest BCUT2D eigenvalue weighted by molar-refractivity contribution is 0.592. The van der Waals surface area contributed by atoms with E-state index in [1.807, 2.05) is 37.4 Å². The van der Waals surface area contributed by atoms with Gasteiger partial charge in [0.2, 0.25) is 0 Å². The number of benzene rings is 2. The standard InChI is InChI=1S/C15H13Cl4N/c1-20-14(9-4-2-7-13(18)15(9)19)8-10-11(16)5-3-6-12(10)17/h2-7,14,20H,8H2,1H3. The molecule has 1 nitrogen and oxygen atoms in total. The number of hydrogen-bond acceptors (Lipinski definition) is 1. The molecular weight excluding hydrogens is 336 g/mol. The predicted octanol–water partition coefficient (Wildman–Crippen LogP) is 5.80. The fourth-order valence-electron chi connectivity index (χ4n) is 2.09. The molecule has 0 saturated heterocycles. The fraction of sp³-hybridized carbons (Fsp3) is 0.200. The minimum absolute atomic E-state index is 0.0152. The summed E-state index contributed by atoms with van der Waals surface area (Å²) in [6.45, 7) is 0. The van der Waals surface area contributed by atoms with Crippen LogP contribution in [0.25, 0.3) is 0 Å². The molecule has 0 spiro atoms. The Bertz CT molecular complexity index is 593. The molecule has 2 aromatic carbocycles. The van der Waals surface area contributed by atoms with Crippen molar-refractivity contribution in [2.24, 2.45) is 0 Å². The van der Waals surface area contributed by atoms with Crippen molar-refractivity contribution < 1.29 is 0 Å². The molecule has 1 atom stereocenters. The summed E-state index contributed by atoms with van der Waals surface area (Å²) >= 11 is 24.8. The molecule has 0 radical (unpaired) electrons. The molecule has 0 aliphatic rings. The Kier molecular flexibility index (Phi) is 5.59. The third-order valence-corrected chi connectivity index (χ3v) is 4.72. The van der Waals surface area contributed by atoms with E-state index in [9.17, 15) is 0 Å². The molecule has 0 aliphatic heterocycles. The zero-order valence-corrected chi connectivity index (χ0v) is 13.8. The Morgan fingerprint density at radius 3 is 2.05 bits per heavy atom. The summed E-state index contributed by atoms with van der Waals surface area (Å²) in [5.41, 5.74) is 1.82. The molecular formula is C15H13Cl4N. The fourth-order valence-corrected chi connectivity index (χ4v) is 3.08. The predicted molar refractivity (Wildman–Crippen MR) is 88.4 cm³/mol. The van der Waals surface area contributed by atoms with E-state index in [-0.39, 0.29) is 6.04 Å². The average molecular weight is 349 g/mol. The monoisotopic (exact) mass is 347 g/mol. The van der Waals surface area contributed by atoms with Crippen LogP contribution in [-0.4, -0.2) is 7.05 Å². The third kappa shape index (κ3) is 3.41. The Morgan fingerprint density at radius 1 is 0.900 bits per heavy atom. The smallest absolute Gasteiger partial charge is 0.0640 e. The van der Waals surface area contributed by atoms with E-state index >= 15 is 0 Å². The molecule has 0 saturated carbocycles. The summed E-state index contributed by atoms with van der Waals surface area (Å²) in [5.74, 6) is 0. The molecule has 0 bridgehead atoms. The highest BCUT2D eigenvalue weighted by Crippen LogP contribution is 2.34. The zero-order valence-electron chi connectivity index (χ0n) is 10.8. The van der Waals surface area contributed by atoms with Crippen molar-refractivity contribution in [3.05, 3.63) is 67.6 Å². The van der Waals surface area contributed by atoms with Crippen LogP contribution in [0.4, 0.5) is 0 Å². The second kappa shape index (κ2) is 7.02. The lowest BCUT2D eigenvalue weighted by atomic mass is 9.99. The second-order valence-corrected chi connectivity index (χ2v) is 5.99. The molecule has 1 unspecified atom stereocenters. The van der Waals surface area contributed by atoms with Crippen LogP contribution >= 0.6 is 46.4 Å². The Balaban J connectivity index is 2.37. The van der Waals surface area contributed by atoms with Crippen LogP contribution in [0.3, 0.4) is 0 Å². The quantitative estimate of drug-likeness (QED) is 0.735. The summed E-state index contributed by atoms with van der Waals surface area (Å²) in [5, 5.41) is 5.62. The maximum Gasteiger partial charge on any atom is 0.0640 e. The van der Waals surface area contributed by atoms with Crippen molar-refractivity contribution >= 4 is 46.4 Å². The van der Waals surface area contributed by atoms with Gasteiger partial charge in [-0.2, -0.15) is 0 Å². The van der Waals surface area contributed by atoms with Gasteiger partial charge in [-0.3, -0.25) is 0 Å². The summed E-state index contributed by atoms with van der Waals surface area (Å²) < 4.78 is 0. The summed E-state index contributed by atoms with van der Waals surface area (Å²) in [6, 6.07) is 11.1. The van der Waals surface area contributed by atoms with Crippen molar-refractivity contribution in [1.82, 2.24) is 5.32 Å². The molecule has 5 heteroatoms. The number of hydrogen-bond donors (Lipinski definition) is 1. The first kappa shape index (κ1) is 15.9. The molecule has 2 rings (SSSR count). The molecule has 0 aliphatic carbocycles. The highest BCUT2D eigenvalue weighted by atomic mass is 35.5. The van der Waals surface area contributed by atoms with E-state index in [1.54, 1.807) is 6.07 Å². The third-order valence-electron chi connectivity index (χ3n) is 3.18. The SMILES string of the molecule is CNC(Cc1c(Cl)cccc1Cl)c1cccc(Cl)c1Cl. The Morgan fingerprint density at radius 2 is 1.45 bits per heavy atom. The van der Waals surface area contributed by atoms with Crippen molar-refractivity contribution in [1.29, 1.82) is 0 Å². The lowest BCUT2D eigenvalue weighted by Gasteiger charge is -2.20. The van der Waals surface area contributed by atoms with Crippen LogP contribution < -0.4 is 5.32 Å². The van der Waals surface area contributed by atoms with Crippen LogP contribution in [0.5, 0.6) is 0 Å². The normalized spacial score (nSPS) is 12.4. The molecule has 1 N–H and O–H groups in total. The average Bonchev–Trinajstić information content (AvgIpc) is 2.42. The van der Waals surface area contributed by atoms with Crippen molar-refractivity contribution in [2.75, 3.05) is 7.05 Å². The first-order valence-corrected chi connectivity index (χ1v) is 7.59. The number of likely N-dealkylation sites (N-methyl/N-ethyl adjacent to an activating group) is 1. The van der Waals surface area contributed by atoms with Crippen molar-refractivity contribution in [2.45, 2.75) is 12.5 Å². The molecule has 0 amide bonds. The van der Waals surface area contributed by atoms with Crippen LogP contribution in [0, 0.1) is 0 Å². The highest BCUT2D eigenvalue weighted by molar-refractivity contribution is 6.42. The first-order valence-electron chi connectivity index (χ1n) is 6.08. The second-order valence-electron chi connectivity index (χ2n) is 4.39. The van der Waals surface area contributed by atoms with E-state index < -0.39 is 0 Å². The number of rotatable bonds is 4. The summed E-state index contributed by atoms with van der Waals surface area (Å²) in [7, 11) is 1.87. The van der Waals surface area contributed by atoms with E-state index in [1.165, 1.54) is 0 Å². The van der Waals surface area contributed by atoms with Gasteiger partial charge in [-0.05, 0) is 42.8 Å². The largest absolute Gasteiger partial charge is 0.313 e. The van der Waals surface area contributed by atoms with Gasteiger partial charge < -0.3 is 5.32 Å². The molecule has 0 fully saturated rings. The van der Waals surface area contributed by atoms with Gasteiger partial charge in [0.15, 0.2) is 0 Å². The van der Waals surface area contributed by atoms with Crippen LogP contribution in [0.15, 0.2) is 36.4 Å². The van der Waals surface area contributed by atoms with E-state index in [2.05, 4.69) is 5.32 Å². The van der Waals surface area contributed by atoms with Gasteiger partial charge in [0.05, 0.1) is 10.0 Å². The van der Waals surface area contributed by atoms with Gasteiger partial charge in [0, 0.05) is 16.1 Å². The van der Waals surface area contributed by atoms with Gasteiger partial charge >= 0.3 is 0 Å². The van der Waals surface area contributed by atoms with Crippen molar-refractivity contribution in [3.8, 4) is 0 Å². The Hall–Kier alpha value is -0.440. The van der Waals surface area contributed by atoms with E-state index in [0.29, 0.717) is 26.5 Å². The zero-order chi connectivity index (χ0) is 14.7. The maximum absolute atomic E-state index is 6.27. The topological polar surface area (TPSA) is 12.0 Å². The van der Waals surface area contributed by atoms with Gasteiger partial charge in [0.1, 0.15) is 0 Å². The lowest BCUT2D eigenvalue weighted by Crippen LogP contribution is -2.19. The van der Waals surface area contributed by atoms with E-state index in [0.717, 1.165) is 11.1 Å². The number of halogens is 4. The van der Waals surface area contributed by atoms with Gasteiger partial charge in [-0.1, -0.05) is 64.6 Å². The first-order chi connectivity index (χ1) is 9.54. The molecule has 0 heterocycles. The van der Waals surface area contributed by atoms with Crippen LogP contribution in [-0.2, 0) is 6.42 Å². The minimum atomic E-state index is -0.0152. The summed E-state index contributed by atoms with van der Waals surface area (Å²) in [4.78, 5) is 0. The minimum Gasteiger partial charge on any atom is -0.313 e. The molecule has 106 valence electrons. The molecule has 2 aromatic rings. The van der Waals surface area contributed by atoms with Crippen LogP contribution in [0.1, 0.15) is 17.2 Å². The van der Waals surface area contributed by atoms with E-state index in [4.69, 9.17) is 46.4 Å². The van der Waals surface area contributed by atoms with Crippen LogP contribution in [0.2, 0.25) is 20.1 Å². The summed E-state index contributed by atoms with van der Waals surface area (Å²) in [6.07, 6.45) is 0.634. The molecule has 20 heavy (non-hydrogen) atoms. The van der Waals surface area contributed by atoms with Gasteiger partial charge in [0.25, 0.3) is 0 Å². The van der Waals surface area contributed by atoms with Crippen molar-refractivity contribution in [3.63, 3.8) is 0 Å². The van der Waals surface area contributed by atoms with Gasteiger partial charge in [-0.15, -0.1) is 0 Å². The maximum atomic E-state index is 6.27. The van der Waals surface area contributed by atoms with Gasteiger partial charge in [-0.25, -0.2) is 0 Å². The Labute approximate surface area is 138 Å².